The Morgan fingerprint density at radius 3 is 2.45 bits per heavy atom. The Labute approximate surface area is 133 Å². The van der Waals surface area contributed by atoms with Crippen LogP contribution in [0.25, 0.3) is 0 Å². The van der Waals surface area contributed by atoms with Crippen molar-refractivity contribution in [3.63, 3.8) is 0 Å². The van der Waals surface area contributed by atoms with E-state index >= 15 is 0 Å². The van der Waals surface area contributed by atoms with E-state index in [1.807, 2.05) is 0 Å². The molecule has 2 bridgehead atoms. The van der Waals surface area contributed by atoms with Crippen LogP contribution in [0, 0.1) is 34.0 Å². The highest BCUT2D eigenvalue weighted by atomic mass is 16.1. The van der Waals surface area contributed by atoms with Crippen LogP contribution in [0.1, 0.15) is 66.7 Å². The first kappa shape index (κ1) is 14.7. The Morgan fingerprint density at radius 2 is 1.82 bits per heavy atom. The third kappa shape index (κ3) is 1.31. The molecule has 4 aliphatic carbocycles. The Morgan fingerprint density at radius 1 is 1.14 bits per heavy atom. The predicted molar refractivity (Wildman–Crippen MR) is 86.3 cm³/mol. The Balaban J connectivity index is 1.93. The van der Waals surface area contributed by atoms with E-state index in [1.165, 1.54) is 5.57 Å². The zero-order valence-electron chi connectivity index (χ0n) is 14.6. The Bertz CT molecular complexity index is 626. The maximum absolute atomic E-state index is 12.7. The van der Waals surface area contributed by atoms with Gasteiger partial charge in [0.1, 0.15) is 5.78 Å². The van der Waals surface area contributed by atoms with Crippen LogP contribution in [0.5, 0.6) is 0 Å². The topological polar surface area (TPSA) is 34.1 Å². The molecule has 0 saturated heterocycles. The molecular weight excluding hydrogens is 272 g/mol. The number of carbonyl (C=O) groups is 2. The van der Waals surface area contributed by atoms with Crippen LogP contribution in [0.3, 0.4) is 0 Å². The summed E-state index contributed by atoms with van der Waals surface area (Å²) in [4.78, 5) is 25.0. The highest BCUT2D eigenvalue weighted by Gasteiger charge is 2.72. The summed E-state index contributed by atoms with van der Waals surface area (Å²) in [6.07, 6.45) is 4.67. The lowest BCUT2D eigenvalue weighted by Gasteiger charge is -2.58. The summed E-state index contributed by atoms with van der Waals surface area (Å²) in [6, 6.07) is 0. The van der Waals surface area contributed by atoms with Gasteiger partial charge in [0.05, 0.1) is 0 Å². The SMILES string of the molecule is CC1=C2C(=O)C[C@@]2(C)[C@@H]2C[C@@H]3C(=O)C[C@@H](C)[C@@]2(CC1)C3(C)C. The normalized spacial score (nSPS) is 49.4. The summed E-state index contributed by atoms with van der Waals surface area (Å²) in [6.45, 7) is 11.5. The fourth-order valence-corrected chi connectivity index (χ4v) is 7.49. The summed E-state index contributed by atoms with van der Waals surface area (Å²) in [5, 5.41) is 0. The van der Waals surface area contributed by atoms with Crippen LogP contribution < -0.4 is 0 Å². The number of rotatable bonds is 0. The van der Waals surface area contributed by atoms with Gasteiger partial charge in [-0.3, -0.25) is 9.59 Å². The average Bonchev–Trinajstić information content (AvgIpc) is 2.49. The molecule has 0 aromatic rings. The average molecular weight is 300 g/mol. The lowest BCUT2D eigenvalue weighted by molar-refractivity contribution is -0.145. The molecule has 0 aromatic carbocycles. The van der Waals surface area contributed by atoms with Gasteiger partial charge in [-0.05, 0) is 48.9 Å². The van der Waals surface area contributed by atoms with E-state index in [9.17, 15) is 9.59 Å². The van der Waals surface area contributed by atoms with Gasteiger partial charge in [-0.1, -0.05) is 33.3 Å². The van der Waals surface area contributed by atoms with Crippen LogP contribution in [0.15, 0.2) is 11.1 Å². The molecule has 0 aromatic heterocycles. The van der Waals surface area contributed by atoms with E-state index in [1.54, 1.807) is 0 Å². The van der Waals surface area contributed by atoms with Crippen LogP contribution >= 0.6 is 0 Å². The van der Waals surface area contributed by atoms with Crippen molar-refractivity contribution in [2.45, 2.75) is 66.7 Å². The number of Topliss-reactive ketones (excluding diaryl/α,β-unsaturated/α-hetero) is 2. The van der Waals surface area contributed by atoms with Crippen molar-refractivity contribution in [2.24, 2.45) is 34.0 Å². The Hall–Kier alpha value is -0.920. The van der Waals surface area contributed by atoms with Crippen molar-refractivity contribution in [3.8, 4) is 0 Å². The number of fused-ring (bicyclic) bond motifs is 3. The third-order valence-corrected chi connectivity index (χ3v) is 8.43. The fourth-order valence-electron chi connectivity index (χ4n) is 7.49. The van der Waals surface area contributed by atoms with Crippen molar-refractivity contribution < 1.29 is 9.59 Å². The minimum atomic E-state index is 0.0303. The molecule has 4 rings (SSSR count). The first-order chi connectivity index (χ1) is 10.2. The van der Waals surface area contributed by atoms with Crippen molar-refractivity contribution in [1.82, 2.24) is 0 Å². The second kappa shape index (κ2) is 3.94. The smallest absolute Gasteiger partial charge is 0.160 e. The third-order valence-electron chi connectivity index (χ3n) is 8.43. The van der Waals surface area contributed by atoms with Crippen molar-refractivity contribution in [1.29, 1.82) is 0 Å². The number of carbonyl (C=O) groups excluding carboxylic acids is 2. The zero-order chi connectivity index (χ0) is 16.1. The van der Waals surface area contributed by atoms with E-state index in [0.717, 1.165) is 31.3 Å². The van der Waals surface area contributed by atoms with Crippen molar-refractivity contribution >= 4 is 11.6 Å². The van der Waals surface area contributed by atoms with Gasteiger partial charge in [0, 0.05) is 29.7 Å². The summed E-state index contributed by atoms with van der Waals surface area (Å²) in [5.41, 5.74) is 2.80. The molecule has 22 heavy (non-hydrogen) atoms. The molecule has 3 saturated carbocycles. The fraction of sp³-hybridized carbons (Fsp3) is 0.800. The molecule has 120 valence electrons. The second-order valence-corrected chi connectivity index (χ2v) is 9.35. The molecule has 2 nitrogen and oxygen atoms in total. The molecule has 0 N–H and O–H groups in total. The maximum atomic E-state index is 12.7. The summed E-state index contributed by atoms with van der Waals surface area (Å²) < 4.78 is 0. The molecule has 4 aliphatic rings. The van der Waals surface area contributed by atoms with Crippen LogP contribution in [-0.2, 0) is 9.59 Å². The van der Waals surface area contributed by atoms with E-state index in [-0.39, 0.29) is 22.2 Å². The van der Waals surface area contributed by atoms with Gasteiger partial charge in [-0.15, -0.1) is 0 Å². The maximum Gasteiger partial charge on any atom is 0.160 e. The predicted octanol–water partition coefficient (Wildman–Crippen LogP) is 4.33. The van der Waals surface area contributed by atoms with E-state index in [2.05, 4.69) is 34.6 Å². The summed E-state index contributed by atoms with van der Waals surface area (Å²) >= 11 is 0. The molecule has 0 heterocycles. The van der Waals surface area contributed by atoms with E-state index in [4.69, 9.17) is 0 Å². The highest BCUT2D eigenvalue weighted by molar-refractivity contribution is 6.05. The second-order valence-electron chi connectivity index (χ2n) is 9.35. The number of ketones is 2. The van der Waals surface area contributed by atoms with Gasteiger partial charge in [0.25, 0.3) is 0 Å². The lowest BCUT2D eigenvalue weighted by Crippen LogP contribution is -2.55. The molecule has 1 spiro atoms. The Kier molecular flexibility index (Phi) is 2.62. The molecule has 3 fully saturated rings. The van der Waals surface area contributed by atoms with Crippen molar-refractivity contribution in [2.75, 3.05) is 0 Å². The minimum Gasteiger partial charge on any atom is -0.299 e. The molecular formula is C20H28O2. The minimum absolute atomic E-state index is 0.0303. The molecule has 0 radical (unpaired) electrons. The zero-order valence-corrected chi connectivity index (χ0v) is 14.6. The molecule has 0 aliphatic heterocycles. The summed E-state index contributed by atoms with van der Waals surface area (Å²) in [5.74, 6) is 2.01. The number of hydrogen-bond acceptors (Lipinski definition) is 2. The van der Waals surface area contributed by atoms with Gasteiger partial charge in [0.15, 0.2) is 5.78 Å². The van der Waals surface area contributed by atoms with Gasteiger partial charge in [-0.25, -0.2) is 0 Å². The van der Waals surface area contributed by atoms with Crippen LogP contribution in [0.4, 0.5) is 0 Å². The van der Waals surface area contributed by atoms with E-state index < -0.39 is 0 Å². The molecule has 0 unspecified atom stereocenters. The monoisotopic (exact) mass is 300 g/mol. The van der Waals surface area contributed by atoms with Gasteiger partial charge in [0.2, 0.25) is 0 Å². The largest absolute Gasteiger partial charge is 0.299 e. The van der Waals surface area contributed by atoms with Crippen LogP contribution in [-0.4, -0.2) is 11.6 Å². The van der Waals surface area contributed by atoms with Gasteiger partial charge < -0.3 is 0 Å². The number of hydrogen-bond donors (Lipinski definition) is 0. The van der Waals surface area contributed by atoms with Gasteiger partial charge >= 0.3 is 0 Å². The standard InChI is InChI=1S/C20H28O2/c1-11-6-7-20-12(2)8-14(21)13(18(20,3)4)9-16(20)19(5)10-15(22)17(11)19/h12-13,16H,6-10H2,1-5H3/t12-,13-,16+,19+,20-/m1/s1. The molecule has 2 heteroatoms. The van der Waals surface area contributed by atoms with Crippen molar-refractivity contribution in [3.05, 3.63) is 11.1 Å². The highest BCUT2D eigenvalue weighted by Crippen LogP contribution is 2.76. The first-order valence-corrected chi connectivity index (χ1v) is 8.92. The number of allylic oxidation sites excluding steroid dienone is 2. The van der Waals surface area contributed by atoms with E-state index in [0.29, 0.717) is 29.8 Å². The first-order valence-electron chi connectivity index (χ1n) is 8.92. The van der Waals surface area contributed by atoms with Crippen LogP contribution in [0.2, 0.25) is 0 Å². The molecule has 5 atom stereocenters. The quantitative estimate of drug-likeness (QED) is 0.667. The lowest BCUT2D eigenvalue weighted by atomic mass is 9.45. The molecule has 0 amide bonds. The summed E-state index contributed by atoms with van der Waals surface area (Å²) in [7, 11) is 0. The van der Waals surface area contributed by atoms with Gasteiger partial charge in [-0.2, -0.15) is 0 Å².